The van der Waals surface area contributed by atoms with Crippen molar-refractivity contribution in [2.75, 3.05) is 18.0 Å². The Balaban J connectivity index is 1.36. The van der Waals surface area contributed by atoms with Gasteiger partial charge in [0.05, 0.1) is 10.6 Å². The number of carbonyl (C=O) groups is 1. The lowest BCUT2D eigenvalue weighted by atomic mass is 9.78. The molecule has 182 valence electrons. The van der Waals surface area contributed by atoms with Gasteiger partial charge < -0.3 is 4.90 Å². The molecule has 1 saturated heterocycles. The van der Waals surface area contributed by atoms with E-state index in [1.165, 1.54) is 43.4 Å². The summed E-state index contributed by atoms with van der Waals surface area (Å²) in [4.78, 5) is 18.2. The zero-order valence-electron chi connectivity index (χ0n) is 20.0. The number of nitrogens with zero attached hydrogens (tertiary/aromatic N) is 2. The second-order valence-electron chi connectivity index (χ2n) is 9.77. The Morgan fingerprint density at radius 3 is 2.20 bits per heavy atom. The highest BCUT2D eigenvalue weighted by Crippen LogP contribution is 2.38. The minimum atomic E-state index is -0.307. The molecule has 5 heteroatoms. The molecule has 35 heavy (non-hydrogen) atoms. The van der Waals surface area contributed by atoms with Crippen molar-refractivity contribution in [1.29, 1.82) is 0 Å². The van der Waals surface area contributed by atoms with E-state index in [1.807, 2.05) is 17.0 Å². The fourth-order valence-corrected chi connectivity index (χ4v) is 6.19. The van der Waals surface area contributed by atoms with Crippen LogP contribution in [0.1, 0.15) is 60.4 Å². The molecule has 1 aliphatic heterocycles. The second-order valence-corrected chi connectivity index (χ2v) is 10.2. The van der Waals surface area contributed by atoms with E-state index in [9.17, 15) is 9.18 Å². The molecule has 3 aromatic carbocycles. The van der Waals surface area contributed by atoms with E-state index in [1.54, 1.807) is 24.3 Å². The predicted octanol–water partition coefficient (Wildman–Crippen LogP) is 7.32. The first-order chi connectivity index (χ1) is 17.1. The van der Waals surface area contributed by atoms with Crippen molar-refractivity contribution in [3.63, 3.8) is 0 Å². The number of hydrogen-bond donors (Lipinski definition) is 0. The van der Waals surface area contributed by atoms with E-state index >= 15 is 0 Å². The van der Waals surface area contributed by atoms with Crippen LogP contribution in [0.2, 0.25) is 5.02 Å². The number of amides is 1. The Labute approximate surface area is 212 Å². The number of rotatable bonds is 5. The average molecular weight is 491 g/mol. The lowest BCUT2D eigenvalue weighted by Gasteiger charge is -2.45. The van der Waals surface area contributed by atoms with Crippen molar-refractivity contribution in [3.05, 3.63) is 101 Å². The Kier molecular flexibility index (Phi) is 7.50. The van der Waals surface area contributed by atoms with Gasteiger partial charge in [-0.1, -0.05) is 66.9 Å². The van der Waals surface area contributed by atoms with Crippen molar-refractivity contribution in [2.45, 2.75) is 56.5 Å². The van der Waals surface area contributed by atoms with E-state index in [0.29, 0.717) is 22.5 Å². The van der Waals surface area contributed by atoms with Gasteiger partial charge in [-0.2, -0.15) is 0 Å². The molecule has 1 aliphatic carbocycles. The molecule has 3 aromatic rings. The first-order valence-corrected chi connectivity index (χ1v) is 13.1. The van der Waals surface area contributed by atoms with Gasteiger partial charge in [-0.05, 0) is 73.6 Å². The van der Waals surface area contributed by atoms with Crippen molar-refractivity contribution in [2.24, 2.45) is 0 Å². The van der Waals surface area contributed by atoms with Crippen LogP contribution in [0, 0.1) is 5.82 Å². The summed E-state index contributed by atoms with van der Waals surface area (Å²) in [5.41, 5.74) is 2.65. The van der Waals surface area contributed by atoms with Crippen LogP contribution < -0.4 is 4.90 Å². The van der Waals surface area contributed by atoms with E-state index in [2.05, 4.69) is 35.2 Å². The standard InChI is InChI=1S/C30H32ClFN2O/c31-28-12-6-4-11-27(28)30(35)34(24-16-14-23(32)15-17-24)25-18-20-33(21-19-25)29-13-7-5-10-26(29)22-8-2-1-3-9-22/h1-4,6,8-9,11-12,14-17,25-26,29H,5,7,10,13,18-21H2. The maximum atomic E-state index is 13.7. The highest BCUT2D eigenvalue weighted by molar-refractivity contribution is 6.34. The number of benzene rings is 3. The molecule has 0 spiro atoms. The quantitative estimate of drug-likeness (QED) is 0.374. The zero-order chi connectivity index (χ0) is 24.2. The van der Waals surface area contributed by atoms with Crippen molar-refractivity contribution in [3.8, 4) is 0 Å². The van der Waals surface area contributed by atoms with Crippen LogP contribution >= 0.6 is 11.6 Å². The SMILES string of the molecule is O=C(c1ccccc1Cl)N(c1ccc(F)cc1)C1CCN(C2CCCCC2c2ccccc2)CC1. The summed E-state index contributed by atoms with van der Waals surface area (Å²) >= 11 is 6.40. The monoisotopic (exact) mass is 490 g/mol. The normalized spacial score (nSPS) is 21.5. The highest BCUT2D eigenvalue weighted by Gasteiger charge is 2.36. The smallest absolute Gasteiger partial charge is 0.260 e. The molecule has 2 atom stereocenters. The van der Waals surface area contributed by atoms with Crippen LogP contribution in [0.25, 0.3) is 0 Å². The summed E-state index contributed by atoms with van der Waals surface area (Å²) in [6.45, 7) is 1.90. The number of likely N-dealkylation sites (tertiary alicyclic amines) is 1. The first kappa shape index (κ1) is 24.0. The molecule has 2 fully saturated rings. The summed E-state index contributed by atoms with van der Waals surface area (Å²) in [5, 5.41) is 0.440. The maximum absolute atomic E-state index is 13.7. The topological polar surface area (TPSA) is 23.6 Å². The summed E-state index contributed by atoms with van der Waals surface area (Å²) in [7, 11) is 0. The largest absolute Gasteiger partial charge is 0.305 e. The fourth-order valence-electron chi connectivity index (χ4n) is 5.97. The Morgan fingerprint density at radius 2 is 1.49 bits per heavy atom. The third kappa shape index (κ3) is 5.29. The third-order valence-electron chi connectivity index (χ3n) is 7.72. The van der Waals surface area contributed by atoms with Gasteiger partial charge in [0.15, 0.2) is 0 Å². The van der Waals surface area contributed by atoms with Crippen molar-refractivity contribution >= 4 is 23.2 Å². The third-order valence-corrected chi connectivity index (χ3v) is 8.05. The van der Waals surface area contributed by atoms with Crippen LogP contribution in [-0.2, 0) is 0 Å². The number of carbonyl (C=O) groups excluding carboxylic acids is 1. The van der Waals surface area contributed by atoms with Gasteiger partial charge in [-0.3, -0.25) is 9.69 Å². The molecule has 2 unspecified atom stereocenters. The van der Waals surface area contributed by atoms with Gasteiger partial charge >= 0.3 is 0 Å². The predicted molar refractivity (Wildman–Crippen MR) is 141 cm³/mol. The molecular formula is C30H32ClFN2O. The summed E-state index contributed by atoms with van der Waals surface area (Å²) in [6, 6.07) is 24.9. The van der Waals surface area contributed by atoms with Crippen molar-refractivity contribution < 1.29 is 9.18 Å². The number of halogens is 2. The molecule has 0 radical (unpaired) electrons. The molecule has 0 aromatic heterocycles. The molecule has 5 rings (SSSR count). The van der Waals surface area contributed by atoms with Gasteiger partial charge in [-0.15, -0.1) is 0 Å². The van der Waals surface area contributed by atoms with Crippen molar-refractivity contribution in [1.82, 2.24) is 4.90 Å². The van der Waals surface area contributed by atoms with Gasteiger partial charge in [0.2, 0.25) is 0 Å². The molecule has 0 N–H and O–H groups in total. The minimum Gasteiger partial charge on any atom is -0.305 e. The maximum Gasteiger partial charge on any atom is 0.260 e. The summed E-state index contributed by atoms with van der Waals surface area (Å²) in [6.07, 6.45) is 6.79. The van der Waals surface area contributed by atoms with Crippen LogP contribution in [0.4, 0.5) is 10.1 Å². The molecule has 1 amide bonds. The van der Waals surface area contributed by atoms with Gasteiger partial charge in [0, 0.05) is 30.9 Å². The van der Waals surface area contributed by atoms with E-state index < -0.39 is 0 Å². The molecule has 1 heterocycles. The molecular weight excluding hydrogens is 459 g/mol. The van der Waals surface area contributed by atoms with Gasteiger partial charge in [0.1, 0.15) is 5.82 Å². The van der Waals surface area contributed by atoms with E-state index in [4.69, 9.17) is 11.6 Å². The molecule has 3 nitrogen and oxygen atoms in total. The zero-order valence-corrected chi connectivity index (χ0v) is 20.7. The summed E-state index contributed by atoms with van der Waals surface area (Å²) in [5.74, 6) is 0.137. The molecule has 2 aliphatic rings. The Morgan fingerprint density at radius 1 is 0.829 bits per heavy atom. The Bertz CT molecular complexity index is 1130. The number of hydrogen-bond acceptors (Lipinski definition) is 2. The average Bonchev–Trinajstić information content (AvgIpc) is 2.91. The van der Waals surface area contributed by atoms with E-state index in [-0.39, 0.29) is 17.8 Å². The van der Waals surface area contributed by atoms with Crippen LogP contribution in [-0.4, -0.2) is 36.0 Å². The first-order valence-electron chi connectivity index (χ1n) is 12.7. The van der Waals surface area contributed by atoms with Crippen LogP contribution in [0.5, 0.6) is 0 Å². The summed E-state index contributed by atoms with van der Waals surface area (Å²) < 4.78 is 13.7. The minimum absolute atomic E-state index is 0.0410. The highest BCUT2D eigenvalue weighted by atomic mass is 35.5. The number of anilines is 1. The Hall–Kier alpha value is -2.69. The van der Waals surface area contributed by atoms with E-state index in [0.717, 1.165) is 31.6 Å². The van der Waals surface area contributed by atoms with Gasteiger partial charge in [0.25, 0.3) is 5.91 Å². The number of piperidine rings is 1. The lowest BCUT2D eigenvalue weighted by molar-refractivity contribution is 0.0895. The second kappa shape index (κ2) is 10.9. The fraction of sp³-hybridized carbons (Fsp3) is 0.367. The molecule has 0 bridgehead atoms. The van der Waals surface area contributed by atoms with Crippen LogP contribution in [0.15, 0.2) is 78.9 Å². The van der Waals surface area contributed by atoms with Crippen LogP contribution in [0.3, 0.4) is 0 Å². The van der Waals surface area contributed by atoms with Gasteiger partial charge in [-0.25, -0.2) is 4.39 Å². The lowest BCUT2D eigenvalue weighted by Crippen LogP contribution is -2.51. The molecule has 1 saturated carbocycles.